The Labute approximate surface area is 120 Å². The van der Waals surface area contributed by atoms with Crippen LogP contribution in [0.25, 0.3) is 0 Å². The number of anilines is 1. The number of hydrogen-bond donors (Lipinski definition) is 1. The minimum Gasteiger partial charge on any atom is -0.399 e. The summed E-state index contributed by atoms with van der Waals surface area (Å²) in [5.41, 5.74) is 7.67. The van der Waals surface area contributed by atoms with Crippen LogP contribution in [0.15, 0.2) is 24.3 Å². The van der Waals surface area contributed by atoms with Crippen molar-refractivity contribution in [3.8, 4) is 0 Å². The normalized spacial score (nSPS) is 11.7. The molecule has 0 aliphatic rings. The summed E-state index contributed by atoms with van der Waals surface area (Å²) in [6, 6.07) is 7.90. The summed E-state index contributed by atoms with van der Waals surface area (Å²) >= 11 is 0. The van der Waals surface area contributed by atoms with Crippen molar-refractivity contribution in [2.75, 3.05) is 18.9 Å². The Kier molecular flexibility index (Phi) is 9.23. The Morgan fingerprint density at radius 1 is 0.944 bits per heavy atom. The first-order chi connectivity index (χ1) is 8.49. The summed E-state index contributed by atoms with van der Waals surface area (Å²) in [5, 5.41) is 0. The predicted octanol–water partition coefficient (Wildman–Crippen LogP) is 4.34. The van der Waals surface area contributed by atoms with E-state index in [0.29, 0.717) is 13.2 Å². The SMILES string of the molecule is Nc1ccc(C(COP(P)P)COP(P)P)cc1. The second-order valence-electron chi connectivity index (χ2n) is 3.67. The van der Waals surface area contributed by atoms with E-state index in [9.17, 15) is 0 Å². The second kappa shape index (κ2) is 9.46. The van der Waals surface area contributed by atoms with E-state index in [-0.39, 0.29) is 5.92 Å². The molecule has 0 spiro atoms. The van der Waals surface area contributed by atoms with Crippen LogP contribution >= 0.6 is 50.8 Å². The van der Waals surface area contributed by atoms with E-state index >= 15 is 0 Å². The van der Waals surface area contributed by atoms with Crippen LogP contribution in [0.3, 0.4) is 0 Å². The predicted molar refractivity (Wildman–Crippen MR) is 98.2 cm³/mol. The monoisotopic (exact) mass is 359 g/mol. The molecule has 1 aromatic carbocycles. The Bertz CT molecular complexity index is 335. The molecule has 1 rings (SSSR count). The molecule has 0 amide bonds. The van der Waals surface area contributed by atoms with E-state index in [1.54, 1.807) is 0 Å². The molecule has 0 saturated carbocycles. The first-order valence-corrected chi connectivity index (χ1v) is 14.2. The van der Waals surface area contributed by atoms with Crippen LogP contribution in [0.5, 0.6) is 0 Å². The molecule has 0 aliphatic heterocycles. The topological polar surface area (TPSA) is 44.5 Å². The van der Waals surface area contributed by atoms with Gasteiger partial charge in [-0.3, -0.25) is 0 Å². The molecule has 0 radical (unpaired) electrons. The highest BCUT2D eigenvalue weighted by atomic mass is 32.4. The number of nitrogen functional groups attached to an aromatic ring is 1. The van der Waals surface area contributed by atoms with Crippen LogP contribution in [0.4, 0.5) is 5.69 Å². The van der Waals surface area contributed by atoms with Gasteiger partial charge in [0.15, 0.2) is 0 Å². The quantitative estimate of drug-likeness (QED) is 0.582. The molecule has 0 aromatic heterocycles. The fraction of sp³-hybridized carbons (Fsp3) is 0.333. The van der Waals surface area contributed by atoms with Crippen molar-refractivity contribution in [3.63, 3.8) is 0 Å². The molecule has 0 heterocycles. The number of hydrogen-bond acceptors (Lipinski definition) is 3. The van der Waals surface area contributed by atoms with Crippen LogP contribution in [0, 0.1) is 0 Å². The van der Waals surface area contributed by atoms with Gasteiger partial charge in [0.25, 0.3) is 0 Å². The maximum absolute atomic E-state index is 5.70. The summed E-state index contributed by atoms with van der Waals surface area (Å²) in [4.78, 5) is 0. The zero-order valence-electron chi connectivity index (χ0n) is 9.90. The molecule has 4 unspecified atom stereocenters. The van der Waals surface area contributed by atoms with Crippen LogP contribution in [-0.4, -0.2) is 13.2 Å². The molecular weight excluding hydrogens is 340 g/mol. The summed E-state index contributed by atoms with van der Waals surface area (Å²) in [7, 11) is 9.64. The van der Waals surface area contributed by atoms with Gasteiger partial charge in [-0.1, -0.05) is 47.8 Å². The molecule has 4 atom stereocenters. The maximum atomic E-state index is 5.70. The third-order valence-corrected chi connectivity index (χ3v) is 4.94. The molecule has 1 aromatic rings. The summed E-state index contributed by atoms with van der Waals surface area (Å²) < 4.78 is 11.4. The molecule has 0 bridgehead atoms. The minimum atomic E-state index is -0.508. The van der Waals surface area contributed by atoms with Crippen LogP contribution < -0.4 is 5.73 Å². The van der Waals surface area contributed by atoms with E-state index in [1.807, 2.05) is 24.3 Å². The lowest BCUT2D eigenvalue weighted by molar-refractivity contribution is 0.255. The van der Waals surface area contributed by atoms with Gasteiger partial charge in [-0.05, 0) is 17.7 Å². The Morgan fingerprint density at radius 3 is 1.78 bits per heavy atom. The van der Waals surface area contributed by atoms with E-state index in [4.69, 9.17) is 14.8 Å². The first kappa shape index (κ1) is 17.6. The Morgan fingerprint density at radius 2 is 1.39 bits per heavy atom. The van der Waals surface area contributed by atoms with Gasteiger partial charge in [0, 0.05) is 11.6 Å². The molecule has 18 heavy (non-hydrogen) atoms. The van der Waals surface area contributed by atoms with E-state index in [0.717, 1.165) is 5.69 Å². The number of benzene rings is 1. The van der Waals surface area contributed by atoms with Crippen molar-refractivity contribution in [2.45, 2.75) is 5.92 Å². The zero-order chi connectivity index (χ0) is 13.5. The second-order valence-corrected chi connectivity index (χ2v) is 15.3. The lowest BCUT2D eigenvalue weighted by atomic mass is 10.0. The van der Waals surface area contributed by atoms with E-state index in [1.165, 1.54) is 5.56 Å². The molecular formula is C9H19NO2P6. The highest BCUT2D eigenvalue weighted by molar-refractivity contribution is 8.41. The van der Waals surface area contributed by atoms with Gasteiger partial charge in [0.1, 0.15) is 0 Å². The minimum absolute atomic E-state index is 0.239. The molecule has 0 saturated heterocycles. The Hall–Kier alpha value is 1.52. The molecule has 9 heteroatoms. The number of nitrogens with two attached hydrogens (primary N) is 1. The van der Waals surface area contributed by atoms with Crippen molar-refractivity contribution in [1.29, 1.82) is 0 Å². The van der Waals surface area contributed by atoms with Gasteiger partial charge < -0.3 is 14.8 Å². The molecule has 2 N–H and O–H groups in total. The first-order valence-electron chi connectivity index (χ1n) is 5.19. The van der Waals surface area contributed by atoms with Gasteiger partial charge >= 0.3 is 0 Å². The highest BCUT2D eigenvalue weighted by Crippen LogP contribution is 2.55. The van der Waals surface area contributed by atoms with Crippen LogP contribution in [0.2, 0.25) is 0 Å². The summed E-state index contributed by atoms with van der Waals surface area (Å²) in [6.45, 7) is 1.31. The lowest BCUT2D eigenvalue weighted by Crippen LogP contribution is -2.11. The van der Waals surface area contributed by atoms with Crippen molar-refractivity contribution in [2.24, 2.45) is 0 Å². The largest absolute Gasteiger partial charge is 0.399 e. The third kappa shape index (κ3) is 7.34. The van der Waals surface area contributed by atoms with Gasteiger partial charge in [-0.2, -0.15) is 0 Å². The third-order valence-electron chi connectivity index (χ3n) is 2.26. The van der Waals surface area contributed by atoms with Crippen LogP contribution in [-0.2, 0) is 9.05 Å². The smallest absolute Gasteiger partial charge is 0.0639 e. The molecule has 0 aliphatic carbocycles. The summed E-state index contributed by atoms with van der Waals surface area (Å²) in [6.07, 6.45) is 0. The van der Waals surface area contributed by atoms with Gasteiger partial charge in [0.2, 0.25) is 0 Å². The zero-order valence-corrected chi connectivity index (χ0v) is 16.3. The molecule has 3 nitrogen and oxygen atoms in total. The van der Waals surface area contributed by atoms with Crippen molar-refractivity contribution >= 4 is 56.5 Å². The fourth-order valence-corrected chi connectivity index (χ4v) is 3.10. The van der Waals surface area contributed by atoms with Gasteiger partial charge in [0.05, 0.1) is 28.3 Å². The fourth-order valence-electron chi connectivity index (χ4n) is 1.36. The standard InChI is InChI=1S/C9H19NO2P6/c10-9-3-1-7(2-4-9)8(5-11-17(13)14)6-12-18(15)16/h1-4,8H,5-6,10,13-16H2. The van der Waals surface area contributed by atoms with E-state index in [2.05, 4.69) is 35.7 Å². The molecule has 0 fully saturated rings. The van der Waals surface area contributed by atoms with Crippen molar-refractivity contribution in [1.82, 2.24) is 0 Å². The lowest BCUT2D eigenvalue weighted by Gasteiger charge is -2.20. The average molecular weight is 359 g/mol. The van der Waals surface area contributed by atoms with Crippen molar-refractivity contribution < 1.29 is 9.05 Å². The van der Waals surface area contributed by atoms with Gasteiger partial charge in [-0.25, -0.2) is 0 Å². The molecule has 102 valence electrons. The summed E-state index contributed by atoms with van der Waals surface area (Å²) in [5.74, 6) is 0.239. The number of rotatable bonds is 7. The van der Waals surface area contributed by atoms with Crippen molar-refractivity contribution in [3.05, 3.63) is 29.8 Å². The average Bonchev–Trinajstić information content (AvgIpc) is 2.30. The maximum Gasteiger partial charge on any atom is 0.0639 e. The Balaban J connectivity index is 2.66. The highest BCUT2D eigenvalue weighted by Gasteiger charge is 2.14. The van der Waals surface area contributed by atoms with Gasteiger partial charge in [-0.15, -0.1) is 0 Å². The van der Waals surface area contributed by atoms with Crippen LogP contribution in [0.1, 0.15) is 11.5 Å². The van der Waals surface area contributed by atoms with E-state index < -0.39 is 15.1 Å².